The Hall–Kier alpha value is -3.09. The number of thioether (sulfide) groups is 1. The fraction of sp³-hybridized carbons (Fsp3) is 0.480. The van der Waals surface area contributed by atoms with Crippen molar-refractivity contribution in [3.05, 3.63) is 46.7 Å². The maximum atomic E-state index is 13.0. The fourth-order valence-electron chi connectivity index (χ4n) is 3.71. The van der Waals surface area contributed by atoms with Gasteiger partial charge in [0.25, 0.3) is 5.91 Å². The molecule has 0 saturated carbocycles. The van der Waals surface area contributed by atoms with E-state index in [1.807, 2.05) is 12.1 Å². The molecule has 13 heteroatoms. The summed E-state index contributed by atoms with van der Waals surface area (Å²) >= 11 is 7.11. The molecule has 0 aromatic heterocycles. The number of nitrogens with one attached hydrogen (secondary N) is 1. The van der Waals surface area contributed by atoms with Gasteiger partial charge in [0.2, 0.25) is 12.7 Å². The lowest BCUT2D eigenvalue weighted by molar-refractivity contribution is -0.169. The number of hydrogen-bond donors (Lipinski definition) is 2. The number of ether oxygens (including phenoxy) is 3. The van der Waals surface area contributed by atoms with E-state index in [9.17, 15) is 24.0 Å². The highest BCUT2D eigenvalue weighted by molar-refractivity contribution is 8.00. The molecule has 3 atom stereocenters. The summed E-state index contributed by atoms with van der Waals surface area (Å²) in [5.74, 6) is -2.66. The number of hydrogen-bond acceptors (Lipinski definition) is 10. The smallest absolute Gasteiger partial charge is 0.358 e. The van der Waals surface area contributed by atoms with Crippen LogP contribution >= 0.6 is 23.4 Å². The van der Waals surface area contributed by atoms with Crippen LogP contribution in [-0.2, 0) is 50.5 Å². The molecule has 1 aromatic rings. The van der Waals surface area contributed by atoms with Crippen molar-refractivity contribution in [1.29, 1.82) is 0 Å². The summed E-state index contributed by atoms with van der Waals surface area (Å²) in [6.45, 7) is 3.78. The van der Waals surface area contributed by atoms with E-state index < -0.39 is 48.1 Å². The first-order valence-corrected chi connectivity index (χ1v) is 13.4. The number of alkyl halides is 1. The summed E-state index contributed by atoms with van der Waals surface area (Å²) in [4.78, 5) is 63.1. The van der Waals surface area contributed by atoms with E-state index in [-0.39, 0.29) is 36.3 Å². The van der Waals surface area contributed by atoms with Crippen LogP contribution < -0.4 is 11.1 Å². The first kappa shape index (κ1) is 29.5. The number of esters is 3. The molecule has 0 bridgehead atoms. The van der Waals surface area contributed by atoms with Gasteiger partial charge in [-0.15, -0.1) is 23.4 Å². The van der Waals surface area contributed by atoms with Gasteiger partial charge in [0.05, 0.1) is 6.42 Å². The van der Waals surface area contributed by atoms with Crippen LogP contribution in [0.3, 0.4) is 0 Å². The van der Waals surface area contributed by atoms with Crippen molar-refractivity contribution < 1.29 is 38.2 Å². The van der Waals surface area contributed by atoms with Gasteiger partial charge in [-0.3, -0.25) is 24.1 Å². The minimum absolute atomic E-state index is 0.0655. The maximum absolute atomic E-state index is 13.0. The summed E-state index contributed by atoms with van der Waals surface area (Å²) in [6.07, 6.45) is 0.0655. The Kier molecular flexibility index (Phi) is 10.2. The number of benzene rings is 1. The molecule has 206 valence electrons. The third kappa shape index (κ3) is 7.06. The first-order valence-electron chi connectivity index (χ1n) is 11.9. The van der Waals surface area contributed by atoms with Crippen LogP contribution in [0, 0.1) is 5.92 Å². The number of amides is 2. The average molecular weight is 568 g/mol. The summed E-state index contributed by atoms with van der Waals surface area (Å²) in [6, 6.07) is 5.49. The molecule has 1 fully saturated rings. The van der Waals surface area contributed by atoms with E-state index in [1.54, 1.807) is 26.0 Å². The van der Waals surface area contributed by atoms with Crippen LogP contribution in [-0.4, -0.2) is 71.2 Å². The highest BCUT2D eigenvalue weighted by Gasteiger charge is 2.54. The van der Waals surface area contributed by atoms with Gasteiger partial charge in [-0.1, -0.05) is 38.1 Å². The number of nitrogens with two attached hydrogens (primary N) is 1. The largest absolute Gasteiger partial charge is 0.461 e. The maximum Gasteiger partial charge on any atom is 0.358 e. The minimum Gasteiger partial charge on any atom is -0.461 e. The molecule has 38 heavy (non-hydrogen) atoms. The fourth-order valence-corrected chi connectivity index (χ4v) is 5.21. The zero-order valence-corrected chi connectivity index (χ0v) is 22.8. The molecule has 2 heterocycles. The normalized spacial score (nSPS) is 19.3. The molecular weight excluding hydrogens is 538 g/mol. The lowest BCUT2D eigenvalue weighted by atomic mass is 10.0. The van der Waals surface area contributed by atoms with Crippen molar-refractivity contribution in [2.45, 2.75) is 50.5 Å². The van der Waals surface area contributed by atoms with E-state index in [1.165, 1.54) is 23.6 Å². The van der Waals surface area contributed by atoms with E-state index >= 15 is 0 Å². The number of rotatable bonds is 11. The third-order valence-corrected chi connectivity index (χ3v) is 7.58. The molecule has 11 nitrogen and oxygen atoms in total. The molecule has 0 aliphatic carbocycles. The van der Waals surface area contributed by atoms with Gasteiger partial charge in [0.1, 0.15) is 29.8 Å². The summed E-state index contributed by atoms with van der Waals surface area (Å²) in [5, 5.41) is 2.16. The Morgan fingerprint density at radius 1 is 1.13 bits per heavy atom. The van der Waals surface area contributed by atoms with Crippen LogP contribution in [0.25, 0.3) is 0 Å². The highest BCUT2D eigenvalue weighted by Crippen LogP contribution is 2.40. The highest BCUT2D eigenvalue weighted by atomic mass is 35.5. The van der Waals surface area contributed by atoms with E-state index in [0.29, 0.717) is 11.5 Å². The Morgan fingerprint density at radius 3 is 2.39 bits per heavy atom. The monoisotopic (exact) mass is 567 g/mol. The molecule has 2 aliphatic rings. The van der Waals surface area contributed by atoms with Gasteiger partial charge >= 0.3 is 17.9 Å². The second kappa shape index (κ2) is 13.1. The van der Waals surface area contributed by atoms with Crippen LogP contribution in [0.15, 0.2) is 35.5 Å². The van der Waals surface area contributed by atoms with Gasteiger partial charge in [-0.05, 0) is 17.0 Å². The minimum atomic E-state index is -0.930. The standard InChI is InChI=1S/C25H30ClN3O8S/c1-13(2)19(27)24(33)36-12-37-25(34)21-17(10-35-14(3)30)11-38-23-20(22(32)29(21)23)28-18(31)8-15-4-6-16(9-26)7-5-15/h4-7,13,19-20,23H,8-12,27H2,1-3H3,(H,28,31). The van der Waals surface area contributed by atoms with Crippen LogP contribution in [0.5, 0.6) is 0 Å². The molecule has 0 spiro atoms. The number of fused-ring (bicyclic) bond motifs is 1. The van der Waals surface area contributed by atoms with E-state index in [2.05, 4.69) is 5.32 Å². The van der Waals surface area contributed by atoms with Gasteiger partial charge in [0, 0.05) is 24.1 Å². The number of nitrogens with zero attached hydrogens (tertiary/aromatic N) is 1. The Balaban J connectivity index is 1.67. The van der Waals surface area contributed by atoms with E-state index in [4.69, 9.17) is 31.5 Å². The summed E-state index contributed by atoms with van der Waals surface area (Å²) in [5.41, 5.74) is 7.66. The molecule has 3 unspecified atom stereocenters. The molecule has 2 amide bonds. The lowest BCUT2D eigenvalue weighted by Gasteiger charge is -2.49. The zero-order chi connectivity index (χ0) is 28.0. The van der Waals surface area contributed by atoms with Gasteiger partial charge in [-0.2, -0.15) is 0 Å². The van der Waals surface area contributed by atoms with Crippen molar-refractivity contribution >= 4 is 53.1 Å². The third-order valence-electron chi connectivity index (χ3n) is 5.93. The van der Waals surface area contributed by atoms with Crippen molar-refractivity contribution in [2.75, 3.05) is 19.2 Å². The number of carbonyl (C=O) groups is 5. The molecule has 1 saturated heterocycles. The van der Waals surface area contributed by atoms with Crippen LogP contribution in [0.2, 0.25) is 0 Å². The quantitative estimate of drug-likeness (QED) is 0.172. The van der Waals surface area contributed by atoms with Gasteiger partial charge < -0.3 is 25.3 Å². The van der Waals surface area contributed by atoms with Crippen LogP contribution in [0.1, 0.15) is 31.9 Å². The summed E-state index contributed by atoms with van der Waals surface area (Å²) in [7, 11) is 0. The van der Waals surface area contributed by atoms with Crippen molar-refractivity contribution in [3.8, 4) is 0 Å². The number of halogens is 1. The topological polar surface area (TPSA) is 154 Å². The second-order valence-corrected chi connectivity index (χ2v) is 10.5. The Bertz CT molecular complexity index is 1120. The molecular formula is C25H30ClN3O8S. The predicted molar refractivity (Wildman–Crippen MR) is 138 cm³/mol. The molecule has 2 aliphatic heterocycles. The molecule has 0 radical (unpaired) electrons. The predicted octanol–water partition coefficient (Wildman–Crippen LogP) is 1.21. The van der Waals surface area contributed by atoms with Gasteiger partial charge in [0.15, 0.2) is 0 Å². The summed E-state index contributed by atoms with van der Waals surface area (Å²) < 4.78 is 15.1. The molecule has 1 aromatic carbocycles. The van der Waals surface area contributed by atoms with Gasteiger partial charge in [-0.25, -0.2) is 4.79 Å². The first-order chi connectivity index (χ1) is 18.0. The Labute approximate surface area is 229 Å². The average Bonchev–Trinajstić information content (AvgIpc) is 2.89. The second-order valence-electron chi connectivity index (χ2n) is 9.10. The van der Waals surface area contributed by atoms with Crippen molar-refractivity contribution in [3.63, 3.8) is 0 Å². The number of β-lactam (4-membered cyclic amide) rings is 1. The molecule has 3 N–H and O–H groups in total. The van der Waals surface area contributed by atoms with Crippen LogP contribution in [0.4, 0.5) is 0 Å². The van der Waals surface area contributed by atoms with Crippen molar-refractivity contribution in [2.24, 2.45) is 11.7 Å². The number of carbonyl (C=O) groups excluding carboxylic acids is 5. The molecule has 3 rings (SSSR count). The van der Waals surface area contributed by atoms with E-state index in [0.717, 1.165) is 11.1 Å². The van der Waals surface area contributed by atoms with Crippen molar-refractivity contribution in [1.82, 2.24) is 10.2 Å². The lowest BCUT2D eigenvalue weighted by Crippen LogP contribution is -2.70. The Morgan fingerprint density at radius 2 is 1.79 bits per heavy atom. The SMILES string of the molecule is CC(=O)OCC1=C(C(=O)OCOC(=O)C(N)C(C)C)N2C(=O)C(NC(=O)Cc3ccc(CCl)cc3)C2SC1. The zero-order valence-electron chi connectivity index (χ0n) is 21.2.